The maximum Gasteiger partial charge on any atom is 0.314 e. The van der Waals surface area contributed by atoms with Gasteiger partial charge in [0.1, 0.15) is 0 Å². The molecule has 0 bridgehead atoms. The fourth-order valence-electron chi connectivity index (χ4n) is 4.05. The normalized spacial score (nSPS) is 15.8. The minimum absolute atomic E-state index is 0.0900. The molecule has 2 aromatic rings. The fourth-order valence-corrected chi connectivity index (χ4v) is 6.93. The number of nitrogens with one attached hydrogen (secondary N) is 1. The Morgan fingerprint density at radius 2 is 1.63 bits per heavy atom. The predicted molar refractivity (Wildman–Crippen MR) is 120 cm³/mol. The van der Waals surface area contributed by atoms with Gasteiger partial charge in [-0.3, -0.25) is 4.31 Å². The Balaban J connectivity index is 1.95. The van der Waals surface area contributed by atoms with Gasteiger partial charge in [0, 0.05) is 7.05 Å². The van der Waals surface area contributed by atoms with Crippen LogP contribution in [0, 0.1) is 0 Å². The first-order valence-corrected chi connectivity index (χ1v) is 13.4. The third-order valence-electron chi connectivity index (χ3n) is 5.64. The van der Waals surface area contributed by atoms with Gasteiger partial charge in [0.2, 0.25) is 0 Å². The molecule has 1 N–H and O–H groups in total. The molecule has 3 rings (SSSR count). The molecule has 164 valence electrons. The molecule has 30 heavy (non-hydrogen) atoms. The number of aryl methyl sites for hydroxylation is 1. The van der Waals surface area contributed by atoms with E-state index in [1.165, 1.54) is 31.2 Å². The van der Waals surface area contributed by atoms with Crippen LogP contribution in [0.2, 0.25) is 0 Å². The summed E-state index contributed by atoms with van der Waals surface area (Å²) in [6.45, 7) is 2.11. The van der Waals surface area contributed by atoms with E-state index in [0.29, 0.717) is 5.69 Å². The molecule has 0 spiro atoms. The van der Waals surface area contributed by atoms with E-state index in [9.17, 15) is 16.8 Å². The van der Waals surface area contributed by atoms with Crippen molar-refractivity contribution < 1.29 is 16.8 Å². The van der Waals surface area contributed by atoms with Crippen LogP contribution in [-0.2, 0) is 26.7 Å². The highest BCUT2D eigenvalue weighted by Crippen LogP contribution is 2.38. The van der Waals surface area contributed by atoms with Crippen molar-refractivity contribution in [3.05, 3.63) is 59.7 Å². The zero-order valence-corrected chi connectivity index (χ0v) is 19.2. The lowest BCUT2D eigenvalue weighted by atomic mass is 9.82. The number of hydrogen-bond donors (Lipinski definition) is 1. The number of anilines is 1. The molecule has 0 aliphatic heterocycles. The quantitative estimate of drug-likeness (QED) is 0.648. The van der Waals surface area contributed by atoms with Crippen LogP contribution < -0.4 is 8.43 Å². The molecule has 0 aromatic heterocycles. The van der Waals surface area contributed by atoms with E-state index in [4.69, 9.17) is 0 Å². The Labute approximate surface area is 180 Å². The molecule has 0 amide bonds. The standard InChI is InChI=1S/C22H30N2O4S2/c1-3-10-18-15-16-22(21(17-18)19-11-6-4-7-12-19)24(2)30(27,28)23-29(25,26)20-13-8-5-9-14-20/h5,8-9,13-17,19,23H,3-4,6-7,10-12H2,1-2H3. The first-order valence-electron chi connectivity index (χ1n) is 10.4. The van der Waals surface area contributed by atoms with E-state index in [-0.39, 0.29) is 10.8 Å². The van der Waals surface area contributed by atoms with Gasteiger partial charge in [0.05, 0.1) is 10.6 Å². The first kappa shape index (κ1) is 22.8. The van der Waals surface area contributed by atoms with Gasteiger partial charge >= 0.3 is 10.2 Å². The van der Waals surface area contributed by atoms with Gasteiger partial charge in [-0.25, -0.2) is 8.42 Å². The van der Waals surface area contributed by atoms with Gasteiger partial charge in [0.15, 0.2) is 0 Å². The van der Waals surface area contributed by atoms with Crippen LogP contribution in [0.25, 0.3) is 0 Å². The Bertz CT molecular complexity index is 1060. The summed E-state index contributed by atoms with van der Waals surface area (Å²) in [7, 11) is -7.11. The van der Waals surface area contributed by atoms with Gasteiger partial charge < -0.3 is 0 Å². The average Bonchev–Trinajstić information content (AvgIpc) is 2.74. The summed E-state index contributed by atoms with van der Waals surface area (Å²) in [5.41, 5.74) is 2.71. The van der Waals surface area contributed by atoms with Gasteiger partial charge in [-0.1, -0.05) is 67.1 Å². The van der Waals surface area contributed by atoms with Crippen molar-refractivity contribution in [3.63, 3.8) is 0 Å². The molecule has 0 radical (unpaired) electrons. The maximum absolute atomic E-state index is 13.0. The summed E-state index contributed by atoms with van der Waals surface area (Å²) in [5, 5.41) is 0. The van der Waals surface area contributed by atoms with Gasteiger partial charge in [-0.2, -0.15) is 8.42 Å². The summed E-state index contributed by atoms with van der Waals surface area (Å²) in [6, 6.07) is 13.4. The predicted octanol–water partition coefficient (Wildman–Crippen LogP) is 4.35. The van der Waals surface area contributed by atoms with Crippen molar-refractivity contribution in [1.82, 2.24) is 4.13 Å². The highest BCUT2D eigenvalue weighted by atomic mass is 32.3. The first-order chi connectivity index (χ1) is 14.2. The molecule has 1 aliphatic carbocycles. The van der Waals surface area contributed by atoms with Crippen molar-refractivity contribution in [3.8, 4) is 0 Å². The Hall–Kier alpha value is -1.90. The molecular weight excluding hydrogens is 420 g/mol. The highest BCUT2D eigenvalue weighted by molar-refractivity contribution is 8.05. The van der Waals surface area contributed by atoms with Crippen LogP contribution in [0.15, 0.2) is 53.4 Å². The molecule has 0 atom stereocenters. The number of sulfonamides is 1. The second-order valence-corrected chi connectivity index (χ2v) is 11.5. The maximum atomic E-state index is 13.0. The highest BCUT2D eigenvalue weighted by Gasteiger charge is 2.29. The lowest BCUT2D eigenvalue weighted by Gasteiger charge is -2.29. The van der Waals surface area contributed by atoms with Crippen LogP contribution in [-0.4, -0.2) is 23.9 Å². The molecule has 1 aliphatic rings. The minimum Gasteiger partial charge on any atom is -0.260 e. The summed E-state index contributed by atoms with van der Waals surface area (Å²) in [5.74, 6) is 0.286. The van der Waals surface area contributed by atoms with Crippen LogP contribution in [0.3, 0.4) is 0 Å². The molecule has 0 heterocycles. The van der Waals surface area contributed by atoms with Crippen LogP contribution in [0.1, 0.15) is 62.5 Å². The lowest BCUT2D eigenvalue weighted by molar-refractivity contribution is 0.444. The number of nitrogens with zero attached hydrogens (tertiary/aromatic N) is 1. The van der Waals surface area contributed by atoms with Crippen LogP contribution in [0.4, 0.5) is 5.69 Å². The molecular formula is C22H30N2O4S2. The molecule has 0 saturated heterocycles. The number of rotatable bonds is 8. The van der Waals surface area contributed by atoms with E-state index >= 15 is 0 Å². The van der Waals surface area contributed by atoms with E-state index in [2.05, 4.69) is 13.0 Å². The summed E-state index contributed by atoms with van der Waals surface area (Å²) in [6.07, 6.45) is 7.42. The molecule has 2 aromatic carbocycles. The van der Waals surface area contributed by atoms with Crippen molar-refractivity contribution >= 4 is 25.9 Å². The Kier molecular flexibility index (Phi) is 7.21. The third kappa shape index (κ3) is 5.22. The van der Waals surface area contributed by atoms with Crippen molar-refractivity contribution in [2.45, 2.75) is 62.7 Å². The Morgan fingerprint density at radius 1 is 0.967 bits per heavy atom. The minimum atomic E-state index is -4.31. The van der Waals surface area contributed by atoms with E-state index in [1.54, 1.807) is 18.2 Å². The van der Waals surface area contributed by atoms with E-state index < -0.39 is 20.2 Å². The Morgan fingerprint density at radius 3 is 2.27 bits per heavy atom. The summed E-state index contributed by atoms with van der Waals surface area (Å²) < 4.78 is 54.1. The summed E-state index contributed by atoms with van der Waals surface area (Å²) >= 11 is 0. The van der Waals surface area contributed by atoms with Crippen molar-refractivity contribution in [2.75, 3.05) is 11.4 Å². The molecule has 6 nitrogen and oxygen atoms in total. The monoisotopic (exact) mass is 450 g/mol. The van der Waals surface area contributed by atoms with Gasteiger partial charge in [-0.15, -0.1) is 0 Å². The third-order valence-corrected chi connectivity index (χ3v) is 9.17. The van der Waals surface area contributed by atoms with Gasteiger partial charge in [0.25, 0.3) is 10.0 Å². The molecule has 0 unspecified atom stereocenters. The molecule has 8 heteroatoms. The van der Waals surface area contributed by atoms with Crippen molar-refractivity contribution in [1.29, 1.82) is 0 Å². The second kappa shape index (κ2) is 9.49. The number of benzene rings is 2. The topological polar surface area (TPSA) is 83.6 Å². The fraction of sp³-hybridized carbons (Fsp3) is 0.455. The number of hydrogen-bond acceptors (Lipinski definition) is 4. The van der Waals surface area contributed by atoms with Crippen molar-refractivity contribution in [2.24, 2.45) is 0 Å². The molecule has 1 fully saturated rings. The largest absolute Gasteiger partial charge is 0.314 e. The average molecular weight is 451 g/mol. The van der Waals surface area contributed by atoms with Crippen LogP contribution in [0.5, 0.6) is 0 Å². The smallest absolute Gasteiger partial charge is 0.260 e. The van der Waals surface area contributed by atoms with Crippen LogP contribution >= 0.6 is 0 Å². The summed E-state index contributed by atoms with van der Waals surface area (Å²) in [4.78, 5) is -0.0900. The molecule has 1 saturated carbocycles. The second-order valence-electron chi connectivity index (χ2n) is 7.85. The zero-order chi connectivity index (χ0) is 21.8. The lowest BCUT2D eigenvalue weighted by Crippen LogP contribution is -2.42. The zero-order valence-electron chi connectivity index (χ0n) is 17.5. The van der Waals surface area contributed by atoms with E-state index in [0.717, 1.165) is 48.4 Å². The van der Waals surface area contributed by atoms with Gasteiger partial charge in [-0.05, 0) is 54.5 Å². The van der Waals surface area contributed by atoms with E-state index in [1.807, 2.05) is 16.3 Å². The SMILES string of the molecule is CCCc1ccc(N(C)S(=O)(=O)NS(=O)(=O)c2ccccc2)c(C2CCCCC2)c1.